The fourth-order valence-corrected chi connectivity index (χ4v) is 1.57. The zero-order chi connectivity index (χ0) is 10.8. The van der Waals surface area contributed by atoms with Crippen LogP contribution < -0.4 is 0 Å². The molecule has 3 nitrogen and oxygen atoms in total. The lowest BCUT2D eigenvalue weighted by atomic mass is 10.1. The zero-order valence-corrected chi connectivity index (χ0v) is 9.02. The molecule has 78 valence electrons. The lowest BCUT2D eigenvalue weighted by Crippen LogP contribution is -2.04. The van der Waals surface area contributed by atoms with Gasteiger partial charge in [0.05, 0.1) is 18.2 Å². The number of benzene rings is 1. The van der Waals surface area contributed by atoms with E-state index in [2.05, 4.69) is 4.98 Å². The van der Waals surface area contributed by atoms with Crippen LogP contribution in [-0.2, 0) is 7.05 Å². The average Bonchev–Trinajstić information content (AvgIpc) is 2.65. The van der Waals surface area contributed by atoms with E-state index in [0.29, 0.717) is 5.02 Å². The minimum atomic E-state index is -0.658. The number of aryl methyl sites for hydroxylation is 1. The minimum absolute atomic E-state index is 0.658. The monoisotopic (exact) mass is 222 g/mol. The normalized spacial score (nSPS) is 12.7. The molecule has 4 heteroatoms. The number of rotatable bonds is 2. The standard InChI is InChI=1S/C11H11ClN2O/c1-14-7-13-6-10(14)11(15)8-2-4-9(12)5-3-8/h2-7,11,15H,1H3. The molecule has 1 atom stereocenters. The van der Waals surface area contributed by atoms with Crippen LogP contribution in [0.25, 0.3) is 0 Å². The minimum Gasteiger partial charge on any atom is -0.382 e. The molecule has 2 rings (SSSR count). The van der Waals surface area contributed by atoms with Crippen molar-refractivity contribution in [1.29, 1.82) is 0 Å². The molecular weight excluding hydrogens is 212 g/mol. The maximum Gasteiger partial charge on any atom is 0.121 e. The summed E-state index contributed by atoms with van der Waals surface area (Å²) in [7, 11) is 1.85. The first-order chi connectivity index (χ1) is 7.18. The second-order valence-corrected chi connectivity index (χ2v) is 3.82. The third-order valence-corrected chi connectivity index (χ3v) is 2.57. The van der Waals surface area contributed by atoms with Gasteiger partial charge in [-0.15, -0.1) is 0 Å². The number of aliphatic hydroxyl groups is 1. The van der Waals surface area contributed by atoms with Crippen molar-refractivity contribution in [2.45, 2.75) is 6.10 Å². The highest BCUT2D eigenvalue weighted by Crippen LogP contribution is 2.22. The number of nitrogens with zero attached hydrogens (tertiary/aromatic N) is 2. The molecule has 0 spiro atoms. The summed E-state index contributed by atoms with van der Waals surface area (Å²) in [6.45, 7) is 0. The molecule has 0 bridgehead atoms. The van der Waals surface area contributed by atoms with Gasteiger partial charge in [0.25, 0.3) is 0 Å². The van der Waals surface area contributed by atoms with E-state index in [1.165, 1.54) is 0 Å². The third kappa shape index (κ3) is 2.03. The Morgan fingerprint density at radius 1 is 1.33 bits per heavy atom. The Kier molecular flexibility index (Phi) is 2.75. The molecule has 1 heterocycles. The molecule has 1 aromatic carbocycles. The number of aromatic nitrogens is 2. The van der Waals surface area contributed by atoms with E-state index in [1.54, 1.807) is 41.4 Å². The first-order valence-electron chi connectivity index (χ1n) is 4.58. The Balaban J connectivity index is 2.32. The van der Waals surface area contributed by atoms with Crippen LogP contribution in [0.3, 0.4) is 0 Å². The van der Waals surface area contributed by atoms with Crippen molar-refractivity contribution < 1.29 is 5.11 Å². The van der Waals surface area contributed by atoms with Gasteiger partial charge in [0, 0.05) is 12.1 Å². The van der Waals surface area contributed by atoms with Gasteiger partial charge in [0.2, 0.25) is 0 Å². The summed E-state index contributed by atoms with van der Waals surface area (Å²) in [5.41, 5.74) is 1.57. The number of hydrogen-bond acceptors (Lipinski definition) is 2. The summed E-state index contributed by atoms with van der Waals surface area (Å²) >= 11 is 5.77. The van der Waals surface area contributed by atoms with Crippen LogP contribution in [0, 0.1) is 0 Å². The lowest BCUT2D eigenvalue weighted by Gasteiger charge is -2.11. The van der Waals surface area contributed by atoms with E-state index in [4.69, 9.17) is 11.6 Å². The average molecular weight is 223 g/mol. The molecule has 1 aromatic heterocycles. The van der Waals surface area contributed by atoms with E-state index in [9.17, 15) is 5.11 Å². The van der Waals surface area contributed by atoms with E-state index in [0.717, 1.165) is 11.3 Å². The highest BCUT2D eigenvalue weighted by molar-refractivity contribution is 6.30. The molecule has 0 aliphatic rings. The van der Waals surface area contributed by atoms with Crippen molar-refractivity contribution in [3.63, 3.8) is 0 Å². The summed E-state index contributed by atoms with van der Waals surface area (Å²) < 4.78 is 1.79. The Morgan fingerprint density at radius 2 is 2.00 bits per heavy atom. The van der Waals surface area contributed by atoms with Crippen molar-refractivity contribution >= 4 is 11.6 Å². The first-order valence-corrected chi connectivity index (χ1v) is 4.96. The third-order valence-electron chi connectivity index (χ3n) is 2.32. The van der Waals surface area contributed by atoms with E-state index in [1.807, 2.05) is 7.05 Å². The van der Waals surface area contributed by atoms with Gasteiger partial charge in [-0.1, -0.05) is 23.7 Å². The summed E-state index contributed by atoms with van der Waals surface area (Å²) in [6.07, 6.45) is 2.66. The first kappa shape index (κ1) is 10.2. The van der Waals surface area contributed by atoms with Gasteiger partial charge >= 0.3 is 0 Å². The fourth-order valence-electron chi connectivity index (χ4n) is 1.45. The van der Waals surface area contributed by atoms with Gasteiger partial charge in [0.15, 0.2) is 0 Å². The van der Waals surface area contributed by atoms with Gasteiger partial charge in [-0.3, -0.25) is 0 Å². The van der Waals surface area contributed by atoms with Gasteiger partial charge in [-0.2, -0.15) is 0 Å². The molecule has 2 aromatic rings. The molecule has 0 aliphatic heterocycles. The van der Waals surface area contributed by atoms with Crippen molar-refractivity contribution in [2.24, 2.45) is 7.05 Å². The van der Waals surface area contributed by atoms with Gasteiger partial charge in [-0.25, -0.2) is 4.98 Å². The Bertz CT molecular complexity index is 450. The van der Waals surface area contributed by atoms with Crippen LogP contribution in [0.2, 0.25) is 5.02 Å². The number of halogens is 1. The topological polar surface area (TPSA) is 38.0 Å². The van der Waals surface area contributed by atoms with Gasteiger partial charge in [0.1, 0.15) is 6.10 Å². The van der Waals surface area contributed by atoms with Gasteiger partial charge < -0.3 is 9.67 Å². The SMILES string of the molecule is Cn1cncc1C(O)c1ccc(Cl)cc1. The maximum absolute atomic E-state index is 10.0. The van der Waals surface area contributed by atoms with Crippen LogP contribution in [0.15, 0.2) is 36.8 Å². The highest BCUT2D eigenvalue weighted by Gasteiger charge is 2.13. The molecule has 0 amide bonds. The van der Waals surface area contributed by atoms with E-state index >= 15 is 0 Å². The van der Waals surface area contributed by atoms with Crippen LogP contribution in [0.4, 0.5) is 0 Å². The molecule has 15 heavy (non-hydrogen) atoms. The van der Waals surface area contributed by atoms with Crippen LogP contribution in [-0.4, -0.2) is 14.7 Å². The molecule has 1 N–H and O–H groups in total. The lowest BCUT2D eigenvalue weighted by molar-refractivity contribution is 0.211. The summed E-state index contributed by atoms with van der Waals surface area (Å²) in [5.74, 6) is 0. The molecule has 0 saturated carbocycles. The van der Waals surface area contributed by atoms with E-state index < -0.39 is 6.10 Å². The maximum atomic E-state index is 10.0. The summed E-state index contributed by atoms with van der Waals surface area (Å²) in [5, 5.41) is 10.7. The fraction of sp³-hybridized carbons (Fsp3) is 0.182. The molecular formula is C11H11ClN2O. The van der Waals surface area contributed by atoms with Crippen molar-refractivity contribution in [3.05, 3.63) is 53.1 Å². The summed E-state index contributed by atoms with van der Waals surface area (Å²) in [4.78, 5) is 3.96. The second-order valence-electron chi connectivity index (χ2n) is 3.38. The van der Waals surface area contributed by atoms with Crippen molar-refractivity contribution in [2.75, 3.05) is 0 Å². The molecule has 0 radical (unpaired) electrons. The largest absolute Gasteiger partial charge is 0.382 e. The summed E-state index contributed by atoms with van der Waals surface area (Å²) in [6, 6.07) is 7.13. The second kappa shape index (κ2) is 4.04. The van der Waals surface area contributed by atoms with Crippen LogP contribution in [0.5, 0.6) is 0 Å². The predicted octanol–water partition coefficient (Wildman–Crippen LogP) is 2.16. The highest BCUT2D eigenvalue weighted by atomic mass is 35.5. The predicted molar refractivity (Wildman–Crippen MR) is 58.7 cm³/mol. The Hall–Kier alpha value is -1.32. The quantitative estimate of drug-likeness (QED) is 0.846. The number of imidazole rings is 1. The van der Waals surface area contributed by atoms with Crippen molar-refractivity contribution in [1.82, 2.24) is 9.55 Å². The Morgan fingerprint density at radius 3 is 2.53 bits per heavy atom. The van der Waals surface area contributed by atoms with Crippen LogP contribution >= 0.6 is 11.6 Å². The molecule has 0 saturated heterocycles. The Labute approximate surface area is 93.0 Å². The van der Waals surface area contributed by atoms with Crippen LogP contribution in [0.1, 0.15) is 17.4 Å². The smallest absolute Gasteiger partial charge is 0.121 e. The van der Waals surface area contributed by atoms with Crippen molar-refractivity contribution in [3.8, 4) is 0 Å². The molecule has 0 fully saturated rings. The zero-order valence-electron chi connectivity index (χ0n) is 8.26. The molecule has 0 aliphatic carbocycles. The number of hydrogen-bond donors (Lipinski definition) is 1. The number of aliphatic hydroxyl groups excluding tert-OH is 1. The van der Waals surface area contributed by atoms with Gasteiger partial charge in [-0.05, 0) is 17.7 Å². The van der Waals surface area contributed by atoms with E-state index in [-0.39, 0.29) is 0 Å². The molecule has 1 unspecified atom stereocenters.